The smallest absolute Gasteiger partial charge is 0.227 e. The number of hydrogen-bond acceptors (Lipinski definition) is 5. The molecule has 2 unspecified atom stereocenters. The van der Waals surface area contributed by atoms with E-state index >= 15 is 0 Å². The number of aryl methyl sites for hydroxylation is 1. The minimum absolute atomic E-state index is 0.0277. The van der Waals surface area contributed by atoms with Crippen molar-refractivity contribution in [3.63, 3.8) is 0 Å². The number of carbonyl (C=O) groups is 2. The number of carbonyl (C=O) groups excluding carboxylic acids is 2. The summed E-state index contributed by atoms with van der Waals surface area (Å²) in [5.74, 6) is -0.901. The molecular weight excluding hydrogens is 327 g/mol. The molecule has 2 atom stereocenters. The molecule has 3 rings (SSSR count). The fourth-order valence-electron chi connectivity index (χ4n) is 3.13. The molecule has 2 saturated heterocycles. The molecule has 2 aliphatic rings. The molecule has 1 aromatic carbocycles. The van der Waals surface area contributed by atoms with E-state index in [1.54, 1.807) is 19.1 Å². The summed E-state index contributed by atoms with van der Waals surface area (Å²) in [4.78, 5) is 26.3. The van der Waals surface area contributed by atoms with E-state index < -0.39 is 12.0 Å². The van der Waals surface area contributed by atoms with E-state index in [9.17, 15) is 14.0 Å². The van der Waals surface area contributed by atoms with Gasteiger partial charge in [0.05, 0.1) is 44.1 Å². The third-order valence-electron chi connectivity index (χ3n) is 4.45. The van der Waals surface area contributed by atoms with E-state index in [-0.39, 0.29) is 30.1 Å². The Morgan fingerprint density at radius 2 is 2.16 bits per heavy atom. The Balaban J connectivity index is 1.58. The zero-order valence-corrected chi connectivity index (χ0v) is 14.2. The van der Waals surface area contributed by atoms with Crippen molar-refractivity contribution in [2.24, 2.45) is 0 Å². The van der Waals surface area contributed by atoms with Crippen LogP contribution in [0.5, 0.6) is 0 Å². The summed E-state index contributed by atoms with van der Waals surface area (Å²) in [5.41, 5.74) is 0.617. The van der Waals surface area contributed by atoms with Crippen LogP contribution in [0.15, 0.2) is 18.2 Å². The molecule has 0 saturated carbocycles. The van der Waals surface area contributed by atoms with Gasteiger partial charge < -0.3 is 15.4 Å². The van der Waals surface area contributed by atoms with Crippen LogP contribution in [0.1, 0.15) is 18.4 Å². The number of nitrogens with one attached hydrogen (secondary N) is 3. The van der Waals surface area contributed by atoms with Gasteiger partial charge in [0.15, 0.2) is 0 Å². The second-order valence-electron chi connectivity index (χ2n) is 6.34. The Kier molecular flexibility index (Phi) is 5.62. The van der Waals surface area contributed by atoms with Gasteiger partial charge in [-0.25, -0.2) is 4.39 Å². The first-order valence-electron chi connectivity index (χ1n) is 8.45. The number of morpholine rings is 1. The summed E-state index contributed by atoms with van der Waals surface area (Å²) in [5, 5.41) is 8.61. The van der Waals surface area contributed by atoms with E-state index in [1.165, 1.54) is 6.07 Å². The molecule has 7 nitrogen and oxygen atoms in total. The highest BCUT2D eigenvalue weighted by atomic mass is 19.1. The molecule has 2 heterocycles. The molecule has 136 valence electrons. The monoisotopic (exact) mass is 350 g/mol. The fraction of sp³-hybridized carbons (Fsp3) is 0.529. The van der Waals surface area contributed by atoms with Crippen LogP contribution in [-0.2, 0) is 14.3 Å². The summed E-state index contributed by atoms with van der Waals surface area (Å²) in [7, 11) is 0. The lowest BCUT2D eigenvalue weighted by Crippen LogP contribution is -2.63. The van der Waals surface area contributed by atoms with E-state index in [2.05, 4.69) is 20.9 Å². The topological polar surface area (TPSA) is 82.7 Å². The van der Waals surface area contributed by atoms with Crippen molar-refractivity contribution in [1.82, 2.24) is 15.5 Å². The molecule has 2 amide bonds. The van der Waals surface area contributed by atoms with Crippen LogP contribution in [0.2, 0.25) is 0 Å². The van der Waals surface area contributed by atoms with Crippen LogP contribution >= 0.6 is 0 Å². The number of nitrogens with zero attached hydrogens (tertiary/aromatic N) is 1. The van der Waals surface area contributed by atoms with Crippen molar-refractivity contribution in [3.05, 3.63) is 29.6 Å². The molecule has 1 aromatic rings. The number of anilines is 1. The van der Waals surface area contributed by atoms with Gasteiger partial charge in [0.25, 0.3) is 0 Å². The van der Waals surface area contributed by atoms with Crippen LogP contribution in [0.3, 0.4) is 0 Å². The summed E-state index contributed by atoms with van der Waals surface area (Å²) in [6.07, 6.45) is -0.238. The van der Waals surface area contributed by atoms with Crippen molar-refractivity contribution < 1.29 is 18.7 Å². The van der Waals surface area contributed by atoms with Gasteiger partial charge in [-0.2, -0.15) is 0 Å². The first-order valence-corrected chi connectivity index (χ1v) is 8.45. The van der Waals surface area contributed by atoms with Crippen molar-refractivity contribution in [1.29, 1.82) is 0 Å². The predicted octanol–water partition coefficient (Wildman–Crippen LogP) is 0.557. The molecule has 3 N–H and O–H groups in total. The maximum atomic E-state index is 14.0. The molecule has 0 aromatic heterocycles. The molecule has 2 aliphatic heterocycles. The Bertz CT molecular complexity index is 649. The highest BCUT2D eigenvalue weighted by Crippen LogP contribution is 2.18. The van der Waals surface area contributed by atoms with Gasteiger partial charge in [-0.15, -0.1) is 0 Å². The van der Waals surface area contributed by atoms with Gasteiger partial charge >= 0.3 is 0 Å². The van der Waals surface area contributed by atoms with Crippen LogP contribution in [0.4, 0.5) is 10.1 Å². The Labute approximate surface area is 145 Å². The third kappa shape index (κ3) is 4.53. The highest BCUT2D eigenvalue weighted by Gasteiger charge is 2.31. The second kappa shape index (κ2) is 7.90. The summed E-state index contributed by atoms with van der Waals surface area (Å²) in [6, 6.07) is 4.84. The molecule has 25 heavy (non-hydrogen) atoms. The van der Waals surface area contributed by atoms with Crippen molar-refractivity contribution in [2.45, 2.75) is 32.1 Å². The van der Waals surface area contributed by atoms with E-state index in [1.807, 2.05) is 0 Å². The molecule has 0 bridgehead atoms. The molecule has 0 spiro atoms. The summed E-state index contributed by atoms with van der Waals surface area (Å²) >= 11 is 0. The quantitative estimate of drug-likeness (QED) is 0.739. The number of ether oxygens (including phenoxy) is 1. The number of benzene rings is 1. The average Bonchev–Trinajstić information content (AvgIpc) is 2.59. The summed E-state index contributed by atoms with van der Waals surface area (Å²) in [6.45, 7) is 4.41. The van der Waals surface area contributed by atoms with Gasteiger partial charge in [-0.05, 0) is 18.6 Å². The lowest BCUT2D eigenvalue weighted by Gasteiger charge is -2.40. The van der Waals surface area contributed by atoms with Gasteiger partial charge in [0, 0.05) is 13.1 Å². The van der Waals surface area contributed by atoms with Gasteiger partial charge in [0.1, 0.15) is 5.82 Å². The van der Waals surface area contributed by atoms with Crippen LogP contribution < -0.4 is 16.0 Å². The number of halogens is 1. The number of rotatable bonds is 4. The van der Waals surface area contributed by atoms with Crippen molar-refractivity contribution in [3.8, 4) is 0 Å². The Hall–Kier alpha value is -2.03. The van der Waals surface area contributed by atoms with Gasteiger partial charge in [0.2, 0.25) is 11.8 Å². The number of amides is 2. The second-order valence-corrected chi connectivity index (χ2v) is 6.34. The highest BCUT2D eigenvalue weighted by molar-refractivity contribution is 5.91. The van der Waals surface area contributed by atoms with Crippen LogP contribution in [0.25, 0.3) is 0 Å². The Morgan fingerprint density at radius 1 is 1.40 bits per heavy atom. The average molecular weight is 350 g/mol. The lowest BCUT2D eigenvalue weighted by atomic mass is 10.1. The lowest BCUT2D eigenvalue weighted by molar-refractivity contribution is -0.128. The molecule has 0 radical (unpaired) electrons. The predicted molar refractivity (Wildman–Crippen MR) is 90.2 cm³/mol. The van der Waals surface area contributed by atoms with Gasteiger partial charge in [-0.1, -0.05) is 12.1 Å². The maximum absolute atomic E-state index is 14.0. The largest absolute Gasteiger partial charge is 0.379 e. The van der Waals surface area contributed by atoms with E-state index in [0.29, 0.717) is 25.2 Å². The minimum atomic E-state index is -0.484. The fourth-order valence-corrected chi connectivity index (χ4v) is 3.13. The summed E-state index contributed by atoms with van der Waals surface area (Å²) < 4.78 is 19.3. The van der Waals surface area contributed by atoms with E-state index in [4.69, 9.17) is 4.74 Å². The van der Waals surface area contributed by atoms with Gasteiger partial charge in [-0.3, -0.25) is 19.8 Å². The minimum Gasteiger partial charge on any atom is -0.379 e. The Morgan fingerprint density at radius 3 is 2.92 bits per heavy atom. The maximum Gasteiger partial charge on any atom is 0.227 e. The molecule has 0 aliphatic carbocycles. The molecular formula is C17H23FN4O3. The van der Waals surface area contributed by atoms with Crippen LogP contribution in [-0.4, -0.2) is 55.3 Å². The van der Waals surface area contributed by atoms with Crippen molar-refractivity contribution >= 4 is 17.5 Å². The molecule has 2 fully saturated rings. The first-order chi connectivity index (χ1) is 12.0. The third-order valence-corrected chi connectivity index (χ3v) is 4.45. The van der Waals surface area contributed by atoms with E-state index in [0.717, 1.165) is 13.1 Å². The van der Waals surface area contributed by atoms with Crippen molar-refractivity contribution in [2.75, 3.05) is 31.6 Å². The first kappa shape index (κ1) is 17.8. The zero-order chi connectivity index (χ0) is 17.8. The standard InChI is InChI=1S/C17H23FN4O3/c1-11-3-2-4-12(17(11)18)19-15(23)9-13-20-14(10-16(24)21-13)22-5-7-25-8-6-22/h2-4,13-14,20H,5-10H2,1H3,(H,19,23)(H,21,24). The normalized spacial score (nSPS) is 24.6. The molecule has 8 heteroatoms. The van der Waals surface area contributed by atoms with Crippen LogP contribution in [0, 0.1) is 12.7 Å². The SMILES string of the molecule is Cc1cccc(NC(=O)CC2NC(=O)CC(N3CCOCC3)N2)c1F. The number of hydrogen-bond donors (Lipinski definition) is 3. The zero-order valence-electron chi connectivity index (χ0n) is 14.2.